The standard InChI is InChI=1S/C25H24ClNO2S/c1-16(18-8-5-4-6-9-18)27-17(2)24(22-13-12-20(26)15-23(22)27)30-21-11-7-10-19(14-21)25(28)29-3/h4-16,25,28H,1-3H3. The van der Waals surface area contributed by atoms with Crippen LogP contribution in [0.3, 0.4) is 0 Å². The van der Waals surface area contributed by atoms with Crippen molar-refractivity contribution in [3.8, 4) is 0 Å². The van der Waals surface area contributed by atoms with Crippen LogP contribution in [-0.4, -0.2) is 16.8 Å². The molecule has 4 aromatic rings. The molecular formula is C25H24ClNO2S. The van der Waals surface area contributed by atoms with Gasteiger partial charge in [-0.2, -0.15) is 0 Å². The molecular weight excluding hydrogens is 414 g/mol. The van der Waals surface area contributed by atoms with Crippen molar-refractivity contribution in [2.45, 2.75) is 36.0 Å². The van der Waals surface area contributed by atoms with Gasteiger partial charge in [0, 0.05) is 38.6 Å². The van der Waals surface area contributed by atoms with Crippen molar-refractivity contribution in [1.29, 1.82) is 0 Å². The Hall–Kier alpha value is -2.24. The lowest BCUT2D eigenvalue weighted by atomic mass is 10.1. The maximum atomic E-state index is 10.0. The van der Waals surface area contributed by atoms with Gasteiger partial charge in [0.2, 0.25) is 0 Å². The second kappa shape index (κ2) is 8.86. The van der Waals surface area contributed by atoms with Crippen LogP contribution >= 0.6 is 23.4 Å². The molecule has 0 bridgehead atoms. The van der Waals surface area contributed by atoms with Crippen molar-refractivity contribution in [2.75, 3.05) is 7.11 Å². The fraction of sp³-hybridized carbons (Fsp3) is 0.200. The van der Waals surface area contributed by atoms with Crippen LogP contribution in [0.2, 0.25) is 5.02 Å². The summed E-state index contributed by atoms with van der Waals surface area (Å²) in [6.07, 6.45) is -0.926. The number of nitrogens with zero attached hydrogens (tertiary/aromatic N) is 1. The number of rotatable bonds is 6. The van der Waals surface area contributed by atoms with E-state index >= 15 is 0 Å². The number of aromatic nitrogens is 1. The van der Waals surface area contributed by atoms with Crippen LogP contribution in [0.5, 0.6) is 0 Å². The number of aliphatic hydroxyl groups excluding tert-OH is 1. The third-order valence-electron chi connectivity index (χ3n) is 5.41. The van der Waals surface area contributed by atoms with E-state index in [1.165, 1.54) is 28.6 Å². The number of fused-ring (bicyclic) bond motifs is 1. The number of benzene rings is 3. The van der Waals surface area contributed by atoms with Crippen LogP contribution in [0.25, 0.3) is 10.9 Å². The van der Waals surface area contributed by atoms with E-state index in [-0.39, 0.29) is 6.04 Å². The molecule has 154 valence electrons. The monoisotopic (exact) mass is 437 g/mol. The Bertz CT molecular complexity index is 1170. The van der Waals surface area contributed by atoms with Gasteiger partial charge in [-0.15, -0.1) is 0 Å². The highest BCUT2D eigenvalue weighted by atomic mass is 35.5. The van der Waals surface area contributed by atoms with Crippen molar-refractivity contribution >= 4 is 34.3 Å². The van der Waals surface area contributed by atoms with Gasteiger partial charge in [-0.1, -0.05) is 71.9 Å². The third kappa shape index (κ3) is 4.01. The van der Waals surface area contributed by atoms with E-state index < -0.39 is 6.29 Å². The average molecular weight is 438 g/mol. The SMILES string of the molecule is COC(O)c1cccc(Sc2c(C)n(C(C)c3ccccc3)c3cc(Cl)ccc23)c1. The molecule has 2 unspecified atom stereocenters. The van der Waals surface area contributed by atoms with E-state index in [1.54, 1.807) is 11.8 Å². The Labute approximate surface area is 186 Å². The molecule has 0 fully saturated rings. The molecule has 2 atom stereocenters. The summed E-state index contributed by atoms with van der Waals surface area (Å²) < 4.78 is 7.41. The molecule has 0 aliphatic rings. The Morgan fingerprint density at radius 3 is 2.43 bits per heavy atom. The minimum atomic E-state index is -0.926. The van der Waals surface area contributed by atoms with Gasteiger partial charge in [-0.05, 0) is 43.7 Å². The number of ether oxygens (including phenoxy) is 1. The first kappa shape index (κ1) is 21.0. The maximum absolute atomic E-state index is 10.0. The molecule has 0 aliphatic carbocycles. The Morgan fingerprint density at radius 2 is 1.70 bits per heavy atom. The van der Waals surface area contributed by atoms with Crippen LogP contribution in [-0.2, 0) is 4.74 Å². The predicted molar refractivity (Wildman–Crippen MR) is 124 cm³/mol. The summed E-state index contributed by atoms with van der Waals surface area (Å²) in [7, 11) is 1.50. The number of halogens is 1. The summed E-state index contributed by atoms with van der Waals surface area (Å²) in [6.45, 7) is 4.37. The average Bonchev–Trinajstić information content (AvgIpc) is 3.04. The zero-order valence-corrected chi connectivity index (χ0v) is 18.7. The highest BCUT2D eigenvalue weighted by Crippen LogP contribution is 2.41. The molecule has 1 heterocycles. The van der Waals surface area contributed by atoms with Gasteiger partial charge in [0.25, 0.3) is 0 Å². The van der Waals surface area contributed by atoms with Crippen LogP contribution in [0.1, 0.15) is 36.1 Å². The van der Waals surface area contributed by atoms with E-state index in [4.69, 9.17) is 16.3 Å². The quantitative estimate of drug-likeness (QED) is 0.330. The Morgan fingerprint density at radius 1 is 0.967 bits per heavy atom. The molecule has 3 nitrogen and oxygen atoms in total. The highest BCUT2D eigenvalue weighted by Gasteiger charge is 2.20. The minimum Gasteiger partial charge on any atom is -0.364 e. The van der Waals surface area contributed by atoms with E-state index in [0.717, 1.165) is 21.0 Å². The molecule has 1 aromatic heterocycles. The molecule has 0 aliphatic heterocycles. The normalized spacial score (nSPS) is 13.5. The lowest BCUT2D eigenvalue weighted by Crippen LogP contribution is -2.08. The van der Waals surface area contributed by atoms with Crippen molar-refractivity contribution in [3.05, 3.63) is 94.6 Å². The number of hydrogen-bond acceptors (Lipinski definition) is 3. The number of aliphatic hydroxyl groups is 1. The van der Waals surface area contributed by atoms with E-state index in [9.17, 15) is 5.11 Å². The largest absolute Gasteiger partial charge is 0.364 e. The third-order valence-corrected chi connectivity index (χ3v) is 6.85. The fourth-order valence-corrected chi connectivity index (χ4v) is 5.15. The zero-order valence-electron chi connectivity index (χ0n) is 17.2. The molecule has 0 spiro atoms. The van der Waals surface area contributed by atoms with E-state index in [2.05, 4.69) is 54.8 Å². The summed E-state index contributed by atoms with van der Waals surface area (Å²) in [5.41, 5.74) is 4.29. The minimum absolute atomic E-state index is 0.170. The molecule has 30 heavy (non-hydrogen) atoms. The van der Waals surface area contributed by atoms with Crippen LogP contribution in [0.15, 0.2) is 82.6 Å². The summed E-state index contributed by atoms with van der Waals surface area (Å²) >= 11 is 8.07. The first-order valence-electron chi connectivity index (χ1n) is 9.83. The molecule has 3 aromatic carbocycles. The van der Waals surface area contributed by atoms with Gasteiger partial charge in [0.1, 0.15) is 0 Å². The van der Waals surface area contributed by atoms with Crippen molar-refractivity contribution in [3.63, 3.8) is 0 Å². The number of hydrogen-bond donors (Lipinski definition) is 1. The van der Waals surface area contributed by atoms with E-state index in [0.29, 0.717) is 0 Å². The Balaban J connectivity index is 1.83. The topological polar surface area (TPSA) is 34.4 Å². The molecule has 0 saturated heterocycles. The summed E-state index contributed by atoms with van der Waals surface area (Å²) in [5, 5.41) is 11.9. The van der Waals surface area contributed by atoms with Crippen molar-refractivity contribution in [2.24, 2.45) is 0 Å². The molecule has 0 radical (unpaired) electrons. The van der Waals surface area contributed by atoms with Crippen LogP contribution in [0.4, 0.5) is 0 Å². The van der Waals surface area contributed by atoms with Gasteiger partial charge in [0.15, 0.2) is 6.29 Å². The zero-order chi connectivity index (χ0) is 21.3. The van der Waals surface area contributed by atoms with Gasteiger partial charge in [-0.3, -0.25) is 0 Å². The van der Waals surface area contributed by atoms with E-state index in [1.807, 2.05) is 36.4 Å². The van der Waals surface area contributed by atoms with Gasteiger partial charge >= 0.3 is 0 Å². The smallest absolute Gasteiger partial charge is 0.180 e. The van der Waals surface area contributed by atoms with Gasteiger partial charge < -0.3 is 14.4 Å². The summed E-state index contributed by atoms with van der Waals surface area (Å²) in [4.78, 5) is 2.24. The molecule has 1 N–H and O–H groups in total. The Kier molecular flexibility index (Phi) is 6.21. The maximum Gasteiger partial charge on any atom is 0.180 e. The first-order chi connectivity index (χ1) is 14.5. The summed E-state index contributed by atoms with van der Waals surface area (Å²) in [6, 6.07) is 24.6. The lowest BCUT2D eigenvalue weighted by molar-refractivity contribution is -0.0770. The first-order valence-corrected chi connectivity index (χ1v) is 11.0. The molecule has 4 rings (SSSR count). The van der Waals surface area contributed by atoms with Gasteiger partial charge in [0.05, 0.1) is 11.6 Å². The highest BCUT2D eigenvalue weighted by molar-refractivity contribution is 7.99. The van der Waals surface area contributed by atoms with Crippen LogP contribution in [0, 0.1) is 6.92 Å². The fourth-order valence-electron chi connectivity index (χ4n) is 3.88. The van der Waals surface area contributed by atoms with Crippen LogP contribution < -0.4 is 0 Å². The van der Waals surface area contributed by atoms with Crippen molar-refractivity contribution in [1.82, 2.24) is 4.57 Å². The molecule has 0 saturated carbocycles. The number of methoxy groups -OCH3 is 1. The van der Waals surface area contributed by atoms with Gasteiger partial charge in [-0.25, -0.2) is 0 Å². The second-order valence-electron chi connectivity index (χ2n) is 7.30. The van der Waals surface area contributed by atoms with Crippen molar-refractivity contribution < 1.29 is 9.84 Å². The second-order valence-corrected chi connectivity index (χ2v) is 8.82. The summed E-state index contributed by atoms with van der Waals surface area (Å²) in [5.74, 6) is 0. The predicted octanol–water partition coefficient (Wildman–Crippen LogP) is 7.00. The molecule has 5 heteroatoms. The molecule has 0 amide bonds. The lowest BCUT2D eigenvalue weighted by Gasteiger charge is -2.18.